The number of fused-ring (bicyclic) bond motifs is 1. The number of rotatable bonds is 10. The maximum absolute atomic E-state index is 14.7. The average molecular weight is 558 g/mol. The first-order chi connectivity index (χ1) is 18.4. The number of amides is 3. The van der Waals surface area contributed by atoms with Crippen LogP contribution in [0.2, 0.25) is 5.02 Å². The van der Waals surface area contributed by atoms with Gasteiger partial charge >= 0.3 is 0 Å². The first-order valence-electron chi connectivity index (χ1n) is 13.6. The Hall–Kier alpha value is -2.68. The molecule has 1 aromatic carbocycles. The molecule has 3 amide bonds. The molecule has 3 aliphatic heterocycles. The smallest absolute Gasteiger partial charge is 0.253 e. The summed E-state index contributed by atoms with van der Waals surface area (Å²) in [6, 6.07) is 3.73. The number of nitrogens with zero attached hydrogens (tertiary/aromatic N) is 3. The minimum absolute atomic E-state index is 0.148. The number of aliphatic hydroxyl groups is 1. The highest BCUT2D eigenvalue weighted by Crippen LogP contribution is 2.64. The molecule has 0 aromatic heterocycles. The van der Waals surface area contributed by atoms with Crippen molar-refractivity contribution in [3.8, 4) is 0 Å². The number of halogens is 1. The Morgan fingerprint density at radius 2 is 1.90 bits per heavy atom. The van der Waals surface area contributed by atoms with Crippen molar-refractivity contribution in [2.45, 2.75) is 63.8 Å². The van der Waals surface area contributed by atoms with Crippen LogP contribution in [0.4, 0.5) is 5.69 Å². The topological polar surface area (TPSA) is 90.4 Å². The van der Waals surface area contributed by atoms with Gasteiger partial charge in [-0.15, -0.1) is 13.2 Å². The number of aryl methyl sites for hydroxylation is 1. The third kappa shape index (κ3) is 4.41. The van der Waals surface area contributed by atoms with Crippen molar-refractivity contribution in [3.63, 3.8) is 0 Å². The van der Waals surface area contributed by atoms with Crippen LogP contribution in [0.15, 0.2) is 43.5 Å². The molecule has 212 valence electrons. The monoisotopic (exact) mass is 557 g/mol. The number of aliphatic hydroxyl groups excluding tert-OH is 1. The first-order valence-corrected chi connectivity index (χ1v) is 13.9. The molecule has 3 fully saturated rings. The Kier molecular flexibility index (Phi) is 8.05. The normalized spacial score (nSPS) is 29.9. The van der Waals surface area contributed by atoms with Gasteiger partial charge in [-0.3, -0.25) is 14.4 Å². The van der Waals surface area contributed by atoms with Gasteiger partial charge in [0.1, 0.15) is 11.6 Å². The molecule has 1 N–H and O–H groups in total. The zero-order valence-electron chi connectivity index (χ0n) is 23.5. The van der Waals surface area contributed by atoms with Crippen molar-refractivity contribution in [1.29, 1.82) is 0 Å². The second-order valence-corrected chi connectivity index (χ2v) is 12.0. The maximum Gasteiger partial charge on any atom is 0.253 e. The van der Waals surface area contributed by atoms with Crippen LogP contribution >= 0.6 is 11.6 Å². The van der Waals surface area contributed by atoms with Crippen LogP contribution < -0.4 is 4.90 Å². The zero-order valence-corrected chi connectivity index (χ0v) is 24.3. The number of hydrogen-bond acceptors (Lipinski definition) is 5. The summed E-state index contributed by atoms with van der Waals surface area (Å²) in [5, 5.41) is 10.9. The van der Waals surface area contributed by atoms with Crippen molar-refractivity contribution in [3.05, 3.63) is 54.1 Å². The van der Waals surface area contributed by atoms with Crippen LogP contribution in [-0.2, 0) is 19.1 Å². The van der Waals surface area contributed by atoms with E-state index in [0.717, 1.165) is 5.56 Å². The highest BCUT2D eigenvalue weighted by molar-refractivity contribution is 6.34. The average Bonchev–Trinajstić information content (AvgIpc) is 3.44. The molecule has 0 aliphatic carbocycles. The molecule has 3 heterocycles. The maximum atomic E-state index is 14.7. The van der Waals surface area contributed by atoms with Gasteiger partial charge in [-0.1, -0.05) is 49.7 Å². The molecule has 1 spiro atoms. The van der Waals surface area contributed by atoms with E-state index in [2.05, 4.69) is 13.2 Å². The van der Waals surface area contributed by atoms with Crippen LogP contribution in [-0.4, -0.2) is 82.7 Å². The largest absolute Gasteiger partial charge is 0.394 e. The minimum Gasteiger partial charge on any atom is -0.394 e. The first kappa shape index (κ1) is 29.3. The Morgan fingerprint density at radius 1 is 1.23 bits per heavy atom. The number of ether oxygens (including phenoxy) is 1. The van der Waals surface area contributed by atoms with Gasteiger partial charge in [-0.2, -0.15) is 0 Å². The second-order valence-electron chi connectivity index (χ2n) is 11.6. The van der Waals surface area contributed by atoms with Gasteiger partial charge in [0.15, 0.2) is 0 Å². The highest BCUT2D eigenvalue weighted by atomic mass is 35.5. The second kappa shape index (κ2) is 10.7. The third-order valence-electron chi connectivity index (χ3n) is 8.84. The number of likely N-dealkylation sites (tertiary alicyclic amines) is 1. The summed E-state index contributed by atoms with van der Waals surface area (Å²) in [5.41, 5.74) is -0.769. The molecule has 0 saturated carbocycles. The van der Waals surface area contributed by atoms with E-state index in [1.165, 1.54) is 4.90 Å². The fourth-order valence-electron chi connectivity index (χ4n) is 7.05. The quantitative estimate of drug-likeness (QED) is 0.444. The van der Waals surface area contributed by atoms with E-state index in [1.54, 1.807) is 35.1 Å². The molecule has 4 rings (SSSR count). The number of anilines is 1. The van der Waals surface area contributed by atoms with E-state index in [9.17, 15) is 19.5 Å². The van der Waals surface area contributed by atoms with Crippen LogP contribution in [0.1, 0.15) is 39.2 Å². The molecule has 2 bridgehead atoms. The Morgan fingerprint density at radius 3 is 2.46 bits per heavy atom. The van der Waals surface area contributed by atoms with Crippen LogP contribution in [0.5, 0.6) is 0 Å². The molecule has 9 heteroatoms. The highest BCUT2D eigenvalue weighted by Gasteiger charge is 2.79. The van der Waals surface area contributed by atoms with Gasteiger partial charge < -0.3 is 24.5 Å². The summed E-state index contributed by atoms with van der Waals surface area (Å²) in [6.07, 6.45) is 4.23. The number of carbonyl (C=O) groups excluding carboxylic acids is 3. The molecule has 39 heavy (non-hydrogen) atoms. The SMILES string of the molecule is C=CCN(C)C(=O)[C@H]1[C@H]2C(=O)N([C@@H](CO)C(C)C)C(C(=O)N(CC=C)c3c(C)cccc3Cl)C23CC[C@]1(C)O3. The van der Waals surface area contributed by atoms with Gasteiger partial charge in [0.05, 0.1) is 40.8 Å². The summed E-state index contributed by atoms with van der Waals surface area (Å²) >= 11 is 6.62. The van der Waals surface area contributed by atoms with E-state index in [0.29, 0.717) is 30.1 Å². The van der Waals surface area contributed by atoms with E-state index in [4.69, 9.17) is 16.3 Å². The number of benzene rings is 1. The van der Waals surface area contributed by atoms with Gasteiger partial charge in [-0.05, 0) is 44.2 Å². The van der Waals surface area contributed by atoms with E-state index in [1.807, 2.05) is 39.8 Å². The number of likely N-dealkylation sites (N-methyl/N-ethyl adjacent to an activating group) is 1. The van der Waals surface area contributed by atoms with Crippen molar-refractivity contribution in [2.75, 3.05) is 31.6 Å². The lowest BCUT2D eigenvalue weighted by Crippen LogP contribution is -2.60. The molecule has 6 atom stereocenters. The van der Waals surface area contributed by atoms with Gasteiger partial charge in [0.2, 0.25) is 11.8 Å². The van der Waals surface area contributed by atoms with Crippen molar-refractivity contribution < 1.29 is 24.2 Å². The molecule has 3 aliphatic rings. The van der Waals surface area contributed by atoms with Crippen LogP contribution in [0.25, 0.3) is 0 Å². The molecular weight excluding hydrogens is 518 g/mol. The van der Waals surface area contributed by atoms with Gasteiger partial charge in [-0.25, -0.2) is 0 Å². The molecule has 1 aromatic rings. The van der Waals surface area contributed by atoms with Crippen LogP contribution in [0, 0.1) is 24.7 Å². The standard InChI is InChI=1S/C30H40ClN3O5/c1-8-15-32(7)26(36)22-23-27(37)34(21(17-35)18(3)4)25(30(23)14-13-29(22,6)39-30)28(38)33(16-9-2)24-19(5)11-10-12-20(24)31/h8-12,18,21-23,25,35H,1-2,13-17H2,3-7H3/t21-,22+,23-,25?,29-,30?/m0/s1. The lowest BCUT2D eigenvalue weighted by atomic mass is 9.66. The summed E-state index contributed by atoms with van der Waals surface area (Å²) in [6.45, 7) is 15.3. The fourth-order valence-corrected chi connectivity index (χ4v) is 7.37. The lowest BCUT2D eigenvalue weighted by molar-refractivity contribution is -0.152. The van der Waals surface area contributed by atoms with Crippen molar-refractivity contribution in [2.24, 2.45) is 17.8 Å². The Labute approximate surface area is 236 Å². The predicted octanol–water partition coefficient (Wildman–Crippen LogP) is 3.59. The Balaban J connectivity index is 1.90. The summed E-state index contributed by atoms with van der Waals surface area (Å²) in [5.74, 6) is -2.66. The molecule has 8 nitrogen and oxygen atoms in total. The number of hydrogen-bond donors (Lipinski definition) is 1. The zero-order chi connectivity index (χ0) is 28.9. The third-order valence-corrected chi connectivity index (χ3v) is 9.15. The van der Waals surface area contributed by atoms with Crippen molar-refractivity contribution in [1.82, 2.24) is 9.80 Å². The molecular formula is C30H40ClN3O5. The fraction of sp³-hybridized carbons (Fsp3) is 0.567. The van der Waals surface area contributed by atoms with E-state index in [-0.39, 0.29) is 36.8 Å². The molecule has 0 radical (unpaired) electrons. The number of para-hydroxylation sites is 1. The van der Waals surface area contributed by atoms with Gasteiger partial charge in [0, 0.05) is 20.1 Å². The van der Waals surface area contributed by atoms with Crippen LogP contribution in [0.3, 0.4) is 0 Å². The summed E-state index contributed by atoms with van der Waals surface area (Å²) < 4.78 is 6.74. The minimum atomic E-state index is -1.21. The van der Waals surface area contributed by atoms with Crippen molar-refractivity contribution >= 4 is 35.0 Å². The van der Waals surface area contributed by atoms with Gasteiger partial charge in [0.25, 0.3) is 5.91 Å². The molecule has 3 saturated heterocycles. The van der Waals surface area contributed by atoms with E-state index < -0.39 is 35.1 Å². The number of carbonyl (C=O) groups is 3. The summed E-state index contributed by atoms with van der Waals surface area (Å²) in [7, 11) is 1.68. The lowest BCUT2D eigenvalue weighted by Gasteiger charge is -2.41. The van der Waals surface area contributed by atoms with E-state index >= 15 is 0 Å². The molecule has 2 unspecified atom stereocenters. The summed E-state index contributed by atoms with van der Waals surface area (Å²) in [4.78, 5) is 47.5. The Bertz CT molecular complexity index is 1170. The predicted molar refractivity (Wildman–Crippen MR) is 151 cm³/mol.